The number of carbonyl (C=O) groups is 1. The van der Waals surface area contributed by atoms with Crippen LogP contribution in [-0.4, -0.2) is 5.78 Å². The molecule has 0 aliphatic carbocycles. The van der Waals surface area contributed by atoms with Gasteiger partial charge in [0.05, 0.1) is 10.6 Å². The first kappa shape index (κ1) is 13.8. The molecule has 0 bridgehead atoms. The fourth-order valence-electron chi connectivity index (χ4n) is 2.35. The van der Waals surface area contributed by atoms with Crippen LogP contribution in [0.2, 0.25) is 5.02 Å². The lowest BCUT2D eigenvalue weighted by atomic mass is 10.00. The van der Waals surface area contributed by atoms with Gasteiger partial charge in [0.25, 0.3) is 0 Å². The van der Waals surface area contributed by atoms with Gasteiger partial charge in [-0.3, -0.25) is 4.79 Å². The Kier molecular flexibility index (Phi) is 3.72. The van der Waals surface area contributed by atoms with Crippen LogP contribution in [-0.2, 0) is 6.42 Å². The molecule has 0 aliphatic rings. The van der Waals surface area contributed by atoms with E-state index in [4.69, 9.17) is 11.6 Å². The van der Waals surface area contributed by atoms with Crippen molar-refractivity contribution in [3.05, 3.63) is 82.6 Å². The molecule has 0 aliphatic heterocycles. The second kappa shape index (κ2) is 5.66. The third-order valence-electron chi connectivity index (χ3n) is 3.43. The Hall–Kier alpha value is -2.19. The quantitative estimate of drug-likeness (QED) is 0.618. The zero-order chi connectivity index (χ0) is 14.8. The molecule has 0 heterocycles. The smallest absolute Gasteiger partial charge is 0.170 e. The molecule has 3 aromatic rings. The second-order valence-corrected chi connectivity index (χ2v) is 5.29. The Morgan fingerprint density at radius 2 is 1.71 bits per heavy atom. The second-order valence-electron chi connectivity index (χ2n) is 4.88. The summed E-state index contributed by atoms with van der Waals surface area (Å²) in [5.41, 5.74) is 0.897. The molecule has 0 N–H and O–H groups in total. The number of ketones is 1. The van der Waals surface area contributed by atoms with E-state index in [0.29, 0.717) is 0 Å². The maximum Gasteiger partial charge on any atom is 0.170 e. The predicted octanol–water partition coefficient (Wildman–Crippen LogP) is 5.06. The number of hydrogen-bond acceptors (Lipinski definition) is 1. The van der Waals surface area contributed by atoms with Crippen molar-refractivity contribution in [1.82, 2.24) is 0 Å². The monoisotopic (exact) mass is 298 g/mol. The minimum atomic E-state index is -0.648. The van der Waals surface area contributed by atoms with Crippen molar-refractivity contribution in [2.75, 3.05) is 0 Å². The maximum atomic E-state index is 13.9. The summed E-state index contributed by atoms with van der Waals surface area (Å²) in [6.45, 7) is 0. The van der Waals surface area contributed by atoms with Crippen molar-refractivity contribution in [1.29, 1.82) is 0 Å². The van der Waals surface area contributed by atoms with Crippen molar-refractivity contribution < 1.29 is 9.18 Å². The van der Waals surface area contributed by atoms with Gasteiger partial charge in [-0.05, 0) is 28.5 Å². The number of rotatable bonds is 3. The molecule has 0 aromatic heterocycles. The summed E-state index contributed by atoms with van der Waals surface area (Å²) in [6.07, 6.45) is 0.155. The van der Waals surface area contributed by atoms with Gasteiger partial charge in [-0.1, -0.05) is 60.1 Å². The van der Waals surface area contributed by atoms with E-state index in [1.165, 1.54) is 12.1 Å². The van der Waals surface area contributed by atoms with Gasteiger partial charge in [-0.2, -0.15) is 0 Å². The van der Waals surface area contributed by atoms with E-state index in [2.05, 4.69) is 0 Å². The van der Waals surface area contributed by atoms with Gasteiger partial charge >= 0.3 is 0 Å². The van der Waals surface area contributed by atoms with Gasteiger partial charge in [0.15, 0.2) is 11.6 Å². The summed E-state index contributed by atoms with van der Waals surface area (Å²) in [6, 6.07) is 18.2. The van der Waals surface area contributed by atoms with Gasteiger partial charge in [0, 0.05) is 6.42 Å². The van der Waals surface area contributed by atoms with Crippen LogP contribution in [0.25, 0.3) is 10.8 Å². The number of fused-ring (bicyclic) bond motifs is 1. The first-order valence-electron chi connectivity index (χ1n) is 6.60. The van der Waals surface area contributed by atoms with Crippen LogP contribution in [0.1, 0.15) is 15.9 Å². The molecule has 0 saturated carbocycles. The topological polar surface area (TPSA) is 17.1 Å². The summed E-state index contributed by atoms with van der Waals surface area (Å²) < 4.78 is 13.9. The largest absolute Gasteiger partial charge is 0.294 e. The molecule has 0 unspecified atom stereocenters. The highest BCUT2D eigenvalue weighted by Crippen LogP contribution is 2.21. The number of carbonyl (C=O) groups excluding carboxylic acids is 1. The highest BCUT2D eigenvalue weighted by Gasteiger charge is 2.14. The van der Waals surface area contributed by atoms with Crippen LogP contribution in [0.4, 0.5) is 4.39 Å². The molecular formula is C18H12ClFO. The van der Waals surface area contributed by atoms with Crippen LogP contribution >= 0.6 is 11.6 Å². The first-order chi connectivity index (χ1) is 10.1. The van der Waals surface area contributed by atoms with Gasteiger partial charge in [0.1, 0.15) is 0 Å². The van der Waals surface area contributed by atoms with Crippen LogP contribution in [0.3, 0.4) is 0 Å². The minimum absolute atomic E-state index is 0.0284. The van der Waals surface area contributed by atoms with E-state index in [1.54, 1.807) is 6.07 Å². The Balaban J connectivity index is 1.91. The van der Waals surface area contributed by atoms with Crippen LogP contribution in [0.15, 0.2) is 60.7 Å². The third-order valence-corrected chi connectivity index (χ3v) is 3.72. The SMILES string of the molecule is O=C(Cc1ccc2ccccc2c1)c1cccc(Cl)c1F. The molecule has 104 valence electrons. The molecule has 3 rings (SSSR count). The predicted molar refractivity (Wildman–Crippen MR) is 83.4 cm³/mol. The van der Waals surface area contributed by atoms with Crippen LogP contribution < -0.4 is 0 Å². The molecule has 0 saturated heterocycles. The lowest BCUT2D eigenvalue weighted by Gasteiger charge is -2.05. The zero-order valence-electron chi connectivity index (χ0n) is 11.1. The van der Waals surface area contributed by atoms with Crippen molar-refractivity contribution >= 4 is 28.2 Å². The summed E-state index contributed by atoms with van der Waals surface area (Å²) >= 11 is 5.71. The average molecular weight is 299 g/mol. The summed E-state index contributed by atoms with van der Waals surface area (Å²) in [5, 5.41) is 2.15. The van der Waals surface area contributed by atoms with Crippen molar-refractivity contribution in [3.63, 3.8) is 0 Å². The molecular weight excluding hydrogens is 287 g/mol. The molecule has 0 fully saturated rings. The highest BCUT2D eigenvalue weighted by molar-refractivity contribution is 6.31. The maximum absolute atomic E-state index is 13.9. The number of benzene rings is 3. The van der Waals surface area contributed by atoms with Gasteiger partial charge in [-0.15, -0.1) is 0 Å². The van der Waals surface area contributed by atoms with Crippen LogP contribution in [0, 0.1) is 5.82 Å². The zero-order valence-corrected chi connectivity index (χ0v) is 11.9. The molecule has 3 aromatic carbocycles. The molecule has 1 nitrogen and oxygen atoms in total. The van der Waals surface area contributed by atoms with Gasteiger partial charge in [-0.25, -0.2) is 4.39 Å². The lowest BCUT2D eigenvalue weighted by molar-refractivity contribution is 0.0989. The van der Waals surface area contributed by atoms with E-state index in [1.807, 2.05) is 42.5 Å². The van der Waals surface area contributed by atoms with Crippen molar-refractivity contribution in [2.45, 2.75) is 6.42 Å². The van der Waals surface area contributed by atoms with E-state index in [0.717, 1.165) is 16.3 Å². The standard InChI is InChI=1S/C18H12ClFO/c19-16-7-3-6-15(18(16)20)17(21)11-12-8-9-13-4-1-2-5-14(13)10-12/h1-10H,11H2. The van der Waals surface area contributed by atoms with E-state index in [9.17, 15) is 9.18 Å². The summed E-state index contributed by atoms with van der Waals surface area (Å²) in [4.78, 5) is 12.2. The third kappa shape index (κ3) is 2.81. The van der Waals surface area contributed by atoms with Crippen molar-refractivity contribution in [3.8, 4) is 0 Å². The molecule has 21 heavy (non-hydrogen) atoms. The normalized spacial score (nSPS) is 10.8. The molecule has 0 atom stereocenters. The fourth-order valence-corrected chi connectivity index (χ4v) is 2.52. The number of hydrogen-bond donors (Lipinski definition) is 0. The van der Waals surface area contributed by atoms with Gasteiger partial charge in [0.2, 0.25) is 0 Å². The van der Waals surface area contributed by atoms with Crippen LogP contribution in [0.5, 0.6) is 0 Å². The number of Topliss-reactive ketones (excluding diaryl/α,β-unsaturated/α-hetero) is 1. The van der Waals surface area contributed by atoms with Crippen molar-refractivity contribution in [2.24, 2.45) is 0 Å². The Morgan fingerprint density at radius 1 is 0.952 bits per heavy atom. The van der Waals surface area contributed by atoms with E-state index in [-0.39, 0.29) is 22.8 Å². The number of halogens is 2. The van der Waals surface area contributed by atoms with E-state index < -0.39 is 5.82 Å². The Bertz CT molecular complexity index is 826. The van der Waals surface area contributed by atoms with E-state index >= 15 is 0 Å². The summed E-state index contributed by atoms with van der Waals surface area (Å²) in [5.74, 6) is -0.921. The van der Waals surface area contributed by atoms with Gasteiger partial charge < -0.3 is 0 Å². The Labute approximate surface area is 127 Å². The molecule has 0 spiro atoms. The summed E-state index contributed by atoms with van der Waals surface area (Å²) in [7, 11) is 0. The fraction of sp³-hybridized carbons (Fsp3) is 0.0556. The first-order valence-corrected chi connectivity index (χ1v) is 6.98. The highest BCUT2D eigenvalue weighted by atomic mass is 35.5. The minimum Gasteiger partial charge on any atom is -0.294 e. The molecule has 0 amide bonds. The Morgan fingerprint density at radius 3 is 2.52 bits per heavy atom. The molecule has 0 radical (unpaired) electrons. The lowest BCUT2D eigenvalue weighted by Crippen LogP contribution is -2.06. The average Bonchev–Trinajstić information content (AvgIpc) is 2.50. The molecule has 3 heteroatoms.